The molecule has 25 heavy (non-hydrogen) atoms. The molecular formula is C18H12F3NO3. The van der Waals surface area contributed by atoms with E-state index in [1.807, 2.05) is 0 Å². The highest BCUT2D eigenvalue weighted by Gasteiger charge is 2.22. The molecule has 0 spiro atoms. The molecule has 3 rings (SSSR count). The lowest BCUT2D eigenvalue weighted by Crippen LogP contribution is -2.16. The number of aromatic nitrogens is 1. The maximum Gasteiger partial charge on any atom is 0.338 e. The number of carbonyl (C=O) groups is 1. The van der Waals surface area contributed by atoms with Gasteiger partial charge in [0.25, 0.3) is 0 Å². The van der Waals surface area contributed by atoms with Gasteiger partial charge >= 0.3 is 5.97 Å². The summed E-state index contributed by atoms with van der Waals surface area (Å²) >= 11 is 0. The number of nitrogens with zero attached hydrogens (tertiary/aromatic N) is 1. The number of fused-ring (bicyclic) bond motifs is 1. The molecule has 7 heteroatoms. The van der Waals surface area contributed by atoms with Gasteiger partial charge in [0.15, 0.2) is 17.1 Å². The fourth-order valence-electron chi connectivity index (χ4n) is 2.79. The second kappa shape index (κ2) is 6.08. The largest absolute Gasteiger partial charge is 0.478 e. The molecule has 128 valence electrons. The van der Waals surface area contributed by atoms with E-state index in [0.29, 0.717) is 5.56 Å². The maximum absolute atomic E-state index is 14.1. The standard InChI is InChI=1S/C18H12F3NO3/c1-9-17(18(24)25)12-5-11(23)6-15(20)13(12)8-22(9)7-10-2-3-14(19)16(21)4-10/h2-6,8H,7H2,1H3,(H,24,25). The number of benzene rings is 2. The summed E-state index contributed by atoms with van der Waals surface area (Å²) in [7, 11) is 0. The van der Waals surface area contributed by atoms with Gasteiger partial charge in [-0.1, -0.05) is 6.07 Å². The van der Waals surface area contributed by atoms with Crippen LogP contribution in [0.15, 0.2) is 41.3 Å². The van der Waals surface area contributed by atoms with E-state index < -0.39 is 28.8 Å². The Morgan fingerprint density at radius 3 is 2.40 bits per heavy atom. The Morgan fingerprint density at radius 2 is 1.76 bits per heavy atom. The minimum atomic E-state index is -1.31. The molecule has 1 aliphatic carbocycles. The van der Waals surface area contributed by atoms with E-state index in [1.165, 1.54) is 23.8 Å². The second-order valence-electron chi connectivity index (χ2n) is 5.64. The van der Waals surface area contributed by atoms with Gasteiger partial charge in [-0.2, -0.15) is 0 Å². The van der Waals surface area contributed by atoms with Crippen molar-refractivity contribution in [3.63, 3.8) is 0 Å². The monoisotopic (exact) mass is 347 g/mol. The van der Waals surface area contributed by atoms with Crippen molar-refractivity contribution >= 4 is 5.97 Å². The van der Waals surface area contributed by atoms with Crippen LogP contribution in [0.5, 0.6) is 0 Å². The molecule has 1 aromatic carbocycles. The Morgan fingerprint density at radius 1 is 1.04 bits per heavy atom. The summed E-state index contributed by atoms with van der Waals surface area (Å²) in [5.74, 6) is -4.18. The van der Waals surface area contributed by atoms with Gasteiger partial charge in [0.2, 0.25) is 0 Å². The molecule has 0 saturated carbocycles. The molecule has 0 saturated heterocycles. The summed E-state index contributed by atoms with van der Waals surface area (Å²) in [6.45, 7) is 1.51. The molecule has 0 fully saturated rings. The number of carboxylic acids is 1. The van der Waals surface area contributed by atoms with Crippen molar-refractivity contribution in [1.82, 2.24) is 4.57 Å². The van der Waals surface area contributed by atoms with Crippen molar-refractivity contribution in [1.29, 1.82) is 0 Å². The molecule has 1 aliphatic heterocycles. The minimum Gasteiger partial charge on any atom is -0.478 e. The first-order chi connectivity index (χ1) is 11.8. The van der Waals surface area contributed by atoms with Gasteiger partial charge in [0.1, 0.15) is 5.82 Å². The summed E-state index contributed by atoms with van der Waals surface area (Å²) in [6.07, 6.45) is 1.35. The Labute approximate surface area is 140 Å². The lowest BCUT2D eigenvalue weighted by Gasteiger charge is -2.19. The lowest BCUT2D eigenvalue weighted by molar-refractivity contribution is 0.0695. The third kappa shape index (κ3) is 3.00. The van der Waals surface area contributed by atoms with Gasteiger partial charge in [-0.3, -0.25) is 4.79 Å². The van der Waals surface area contributed by atoms with E-state index in [1.54, 1.807) is 0 Å². The van der Waals surface area contributed by atoms with Crippen molar-refractivity contribution in [2.45, 2.75) is 13.5 Å². The SMILES string of the molecule is Cc1c(C(=O)O)c2cc(=O)cc(F)c-2cn1Cc1ccc(F)c(F)c1. The topological polar surface area (TPSA) is 59.3 Å². The molecule has 0 aromatic heterocycles. The number of halogens is 3. The van der Waals surface area contributed by atoms with Crippen molar-refractivity contribution in [3.8, 4) is 11.1 Å². The zero-order valence-electron chi connectivity index (χ0n) is 13.0. The summed E-state index contributed by atoms with van der Waals surface area (Å²) in [5, 5.41) is 9.47. The van der Waals surface area contributed by atoms with Crippen LogP contribution in [0, 0.1) is 24.4 Å². The van der Waals surface area contributed by atoms with E-state index in [2.05, 4.69) is 0 Å². The number of carboxylic acid groups (broad SMARTS) is 1. The minimum absolute atomic E-state index is 0.00321. The van der Waals surface area contributed by atoms with Gasteiger partial charge in [-0.25, -0.2) is 18.0 Å². The van der Waals surface area contributed by atoms with Crippen LogP contribution in [-0.4, -0.2) is 15.6 Å². The molecule has 0 bridgehead atoms. The lowest BCUT2D eigenvalue weighted by atomic mass is 9.97. The molecule has 0 amide bonds. The zero-order valence-corrected chi connectivity index (χ0v) is 13.0. The molecular weight excluding hydrogens is 335 g/mol. The third-order valence-corrected chi connectivity index (χ3v) is 4.00. The maximum atomic E-state index is 14.1. The average molecular weight is 347 g/mol. The third-order valence-electron chi connectivity index (χ3n) is 4.00. The molecule has 2 aliphatic rings. The second-order valence-corrected chi connectivity index (χ2v) is 5.64. The zero-order chi connectivity index (χ0) is 18.3. The highest BCUT2D eigenvalue weighted by atomic mass is 19.2. The number of rotatable bonds is 3. The summed E-state index contributed by atoms with van der Waals surface area (Å²) in [4.78, 5) is 23.1. The fraction of sp³-hybridized carbons (Fsp3) is 0.111. The molecule has 1 aromatic rings. The first-order valence-electron chi connectivity index (χ1n) is 7.28. The van der Waals surface area contributed by atoms with Crippen LogP contribution in [0.1, 0.15) is 21.6 Å². The van der Waals surface area contributed by atoms with Crippen LogP contribution >= 0.6 is 0 Å². The van der Waals surface area contributed by atoms with Gasteiger partial charge in [-0.05, 0) is 30.7 Å². The van der Waals surface area contributed by atoms with Crippen molar-refractivity contribution in [2.24, 2.45) is 0 Å². The summed E-state index contributed by atoms with van der Waals surface area (Å²) in [5.41, 5.74) is -0.248. The van der Waals surface area contributed by atoms with E-state index >= 15 is 0 Å². The fourth-order valence-corrected chi connectivity index (χ4v) is 2.79. The molecule has 4 nitrogen and oxygen atoms in total. The smallest absolute Gasteiger partial charge is 0.338 e. The quantitative estimate of drug-likeness (QED) is 0.790. The molecule has 0 atom stereocenters. The van der Waals surface area contributed by atoms with E-state index in [0.717, 1.165) is 24.3 Å². The van der Waals surface area contributed by atoms with E-state index in [4.69, 9.17) is 0 Å². The molecule has 1 heterocycles. The Balaban J connectivity index is 2.23. The highest BCUT2D eigenvalue weighted by molar-refractivity contribution is 5.97. The van der Waals surface area contributed by atoms with Crippen LogP contribution < -0.4 is 5.43 Å². The molecule has 0 radical (unpaired) electrons. The Bertz CT molecular complexity index is 1030. The Hall–Kier alpha value is -3.09. The van der Waals surface area contributed by atoms with Gasteiger partial charge in [0.05, 0.1) is 5.56 Å². The first-order valence-corrected chi connectivity index (χ1v) is 7.28. The average Bonchev–Trinajstić information content (AvgIpc) is 2.52. The van der Waals surface area contributed by atoms with Gasteiger partial charge in [0, 0.05) is 35.6 Å². The normalized spacial score (nSPS) is 11.0. The van der Waals surface area contributed by atoms with Gasteiger partial charge < -0.3 is 9.67 Å². The van der Waals surface area contributed by atoms with E-state index in [-0.39, 0.29) is 28.9 Å². The predicted molar refractivity (Wildman–Crippen MR) is 84.4 cm³/mol. The van der Waals surface area contributed by atoms with Crippen LogP contribution in [0.2, 0.25) is 0 Å². The summed E-state index contributed by atoms with van der Waals surface area (Å²) < 4.78 is 42.0. The number of pyridine rings is 1. The van der Waals surface area contributed by atoms with Crippen LogP contribution in [0.3, 0.4) is 0 Å². The molecule has 0 unspecified atom stereocenters. The van der Waals surface area contributed by atoms with Crippen LogP contribution in [0.25, 0.3) is 11.1 Å². The first kappa shape index (κ1) is 16.8. The van der Waals surface area contributed by atoms with Crippen molar-refractivity contribution in [3.05, 3.63) is 81.0 Å². The predicted octanol–water partition coefficient (Wildman–Crippen LogP) is 3.43. The number of aromatic carboxylic acids is 1. The van der Waals surface area contributed by atoms with Crippen molar-refractivity contribution in [2.75, 3.05) is 0 Å². The number of hydrogen-bond acceptors (Lipinski definition) is 2. The van der Waals surface area contributed by atoms with E-state index in [9.17, 15) is 27.9 Å². The van der Waals surface area contributed by atoms with Gasteiger partial charge in [-0.15, -0.1) is 0 Å². The highest BCUT2D eigenvalue weighted by Crippen LogP contribution is 2.30. The van der Waals surface area contributed by atoms with Crippen molar-refractivity contribution < 1.29 is 23.1 Å². The summed E-state index contributed by atoms with van der Waals surface area (Å²) in [6, 6.07) is 5.14. The van der Waals surface area contributed by atoms with Crippen LogP contribution in [-0.2, 0) is 6.54 Å². The molecule has 1 N–H and O–H groups in total. The number of hydrogen-bond donors (Lipinski definition) is 1. The van der Waals surface area contributed by atoms with Crippen LogP contribution in [0.4, 0.5) is 13.2 Å². The Kier molecular flexibility index (Phi) is 4.08.